The Morgan fingerprint density at radius 1 is 1.29 bits per heavy atom. The van der Waals surface area contributed by atoms with Crippen molar-refractivity contribution in [2.45, 2.75) is 25.2 Å². The van der Waals surface area contributed by atoms with Gasteiger partial charge >= 0.3 is 6.18 Å². The molecule has 118 valence electrons. The van der Waals surface area contributed by atoms with E-state index in [1.54, 1.807) is 4.90 Å². The van der Waals surface area contributed by atoms with Gasteiger partial charge in [-0.3, -0.25) is 4.90 Å². The SMILES string of the molecule is OC[C@H]1CCN(Cc2cc(F)ccc2C(F)(F)F)C[C@@H]1O. The molecule has 7 heteroatoms. The number of β-amino-alcohol motifs (C(OH)–C–C–N with tert-alkyl or cyclic N) is 1. The van der Waals surface area contributed by atoms with Crippen LogP contribution in [0, 0.1) is 11.7 Å². The molecule has 1 aliphatic heterocycles. The second kappa shape index (κ2) is 6.29. The quantitative estimate of drug-likeness (QED) is 0.840. The summed E-state index contributed by atoms with van der Waals surface area (Å²) in [7, 11) is 0. The van der Waals surface area contributed by atoms with E-state index in [9.17, 15) is 22.7 Å². The van der Waals surface area contributed by atoms with Crippen molar-refractivity contribution in [3.05, 3.63) is 35.1 Å². The first kappa shape index (κ1) is 16.2. The summed E-state index contributed by atoms with van der Waals surface area (Å²) in [5.74, 6) is -0.973. The van der Waals surface area contributed by atoms with Crippen LogP contribution in [0.5, 0.6) is 0 Å². The number of aliphatic hydroxyl groups excluding tert-OH is 2. The summed E-state index contributed by atoms with van der Waals surface area (Å²) in [6.45, 7) is 0.389. The summed E-state index contributed by atoms with van der Waals surface area (Å²) >= 11 is 0. The summed E-state index contributed by atoms with van der Waals surface area (Å²) in [4.78, 5) is 1.64. The van der Waals surface area contributed by atoms with Crippen molar-refractivity contribution in [3.63, 3.8) is 0 Å². The van der Waals surface area contributed by atoms with Gasteiger partial charge in [0.2, 0.25) is 0 Å². The third-order valence-corrected chi connectivity index (χ3v) is 3.81. The minimum atomic E-state index is -4.54. The van der Waals surface area contributed by atoms with E-state index in [0.717, 1.165) is 18.2 Å². The van der Waals surface area contributed by atoms with E-state index < -0.39 is 23.7 Å². The number of hydrogen-bond acceptors (Lipinski definition) is 3. The molecular formula is C14H17F4NO2. The van der Waals surface area contributed by atoms with Gasteiger partial charge in [-0.15, -0.1) is 0 Å². The fourth-order valence-corrected chi connectivity index (χ4v) is 2.61. The van der Waals surface area contributed by atoms with Gasteiger partial charge in [-0.1, -0.05) is 0 Å². The van der Waals surface area contributed by atoms with Gasteiger partial charge in [-0.05, 0) is 36.7 Å². The van der Waals surface area contributed by atoms with E-state index >= 15 is 0 Å². The van der Waals surface area contributed by atoms with Crippen molar-refractivity contribution < 1.29 is 27.8 Å². The maximum Gasteiger partial charge on any atom is 0.416 e. The highest BCUT2D eigenvalue weighted by Crippen LogP contribution is 2.33. The number of hydrogen-bond donors (Lipinski definition) is 2. The molecule has 0 bridgehead atoms. The van der Waals surface area contributed by atoms with E-state index in [2.05, 4.69) is 0 Å². The maximum absolute atomic E-state index is 13.2. The van der Waals surface area contributed by atoms with Crippen molar-refractivity contribution in [3.8, 4) is 0 Å². The standard InChI is InChI=1S/C14H17F4NO2/c15-11-1-2-12(14(16,17)18)10(5-11)6-19-4-3-9(8-20)13(21)7-19/h1-2,5,9,13,20-21H,3-4,6-8H2/t9-,13+/m1/s1. The van der Waals surface area contributed by atoms with Gasteiger partial charge < -0.3 is 10.2 Å². The van der Waals surface area contributed by atoms with Crippen molar-refractivity contribution in [1.29, 1.82) is 0 Å². The Balaban J connectivity index is 2.15. The van der Waals surface area contributed by atoms with E-state index in [-0.39, 0.29) is 31.2 Å². The molecule has 0 aromatic heterocycles. The minimum absolute atomic E-state index is 0.0815. The van der Waals surface area contributed by atoms with Gasteiger partial charge in [0.25, 0.3) is 0 Å². The van der Waals surface area contributed by atoms with Crippen LogP contribution in [0.15, 0.2) is 18.2 Å². The van der Waals surface area contributed by atoms with Gasteiger partial charge in [-0.2, -0.15) is 13.2 Å². The highest BCUT2D eigenvalue weighted by molar-refractivity contribution is 5.30. The molecule has 2 N–H and O–H groups in total. The normalized spacial score (nSPS) is 24.3. The Labute approximate surface area is 119 Å². The molecule has 0 aliphatic carbocycles. The average molecular weight is 307 g/mol. The molecule has 0 saturated carbocycles. The first-order chi connectivity index (χ1) is 9.81. The Hall–Kier alpha value is -1.18. The van der Waals surface area contributed by atoms with Crippen LogP contribution >= 0.6 is 0 Å². The Bertz CT molecular complexity index is 492. The zero-order valence-electron chi connectivity index (χ0n) is 11.3. The van der Waals surface area contributed by atoms with Crippen LogP contribution in [0.25, 0.3) is 0 Å². The molecule has 2 rings (SSSR count). The van der Waals surface area contributed by atoms with Crippen molar-refractivity contribution in [2.24, 2.45) is 5.92 Å². The fraction of sp³-hybridized carbons (Fsp3) is 0.571. The van der Waals surface area contributed by atoms with Crippen LogP contribution in [0.3, 0.4) is 0 Å². The lowest BCUT2D eigenvalue weighted by Gasteiger charge is -2.35. The number of piperidine rings is 1. The summed E-state index contributed by atoms with van der Waals surface area (Å²) in [6.07, 6.45) is -4.83. The van der Waals surface area contributed by atoms with Crippen LogP contribution in [0.1, 0.15) is 17.5 Å². The summed E-state index contributed by atoms with van der Waals surface area (Å²) < 4.78 is 51.9. The van der Waals surface area contributed by atoms with Crippen molar-refractivity contribution >= 4 is 0 Å². The third-order valence-electron chi connectivity index (χ3n) is 3.81. The molecule has 1 aromatic carbocycles. The number of nitrogens with zero attached hydrogens (tertiary/aromatic N) is 1. The largest absolute Gasteiger partial charge is 0.416 e. The van der Waals surface area contributed by atoms with E-state index in [4.69, 9.17) is 5.11 Å². The van der Waals surface area contributed by atoms with Crippen molar-refractivity contribution in [2.75, 3.05) is 19.7 Å². The number of rotatable bonds is 3. The maximum atomic E-state index is 13.2. The minimum Gasteiger partial charge on any atom is -0.396 e. The second-order valence-electron chi connectivity index (χ2n) is 5.33. The molecule has 1 aliphatic rings. The zero-order chi connectivity index (χ0) is 15.6. The number of benzene rings is 1. The number of aliphatic hydroxyl groups is 2. The lowest BCUT2D eigenvalue weighted by atomic mass is 9.94. The lowest BCUT2D eigenvalue weighted by Crippen LogP contribution is -2.44. The molecule has 0 spiro atoms. The lowest BCUT2D eigenvalue weighted by molar-refractivity contribution is -0.138. The number of halogens is 4. The predicted octanol–water partition coefficient (Wildman–Crippen LogP) is 2.02. The first-order valence-corrected chi connectivity index (χ1v) is 6.68. The molecule has 0 unspecified atom stereocenters. The van der Waals surface area contributed by atoms with Crippen molar-refractivity contribution in [1.82, 2.24) is 4.90 Å². The average Bonchev–Trinajstić information content (AvgIpc) is 2.37. The first-order valence-electron chi connectivity index (χ1n) is 6.68. The Kier molecular flexibility index (Phi) is 4.85. The molecule has 1 aromatic rings. The van der Waals surface area contributed by atoms with E-state index in [1.165, 1.54) is 0 Å². The molecule has 0 amide bonds. The molecule has 1 heterocycles. The van der Waals surface area contributed by atoms with Crippen LogP contribution < -0.4 is 0 Å². The van der Waals surface area contributed by atoms with Gasteiger partial charge in [0.1, 0.15) is 5.82 Å². The van der Waals surface area contributed by atoms with Crippen LogP contribution in [0.4, 0.5) is 17.6 Å². The topological polar surface area (TPSA) is 43.7 Å². The summed E-state index contributed by atoms with van der Waals surface area (Å²) in [5.41, 5.74) is -1.00. The monoisotopic (exact) mass is 307 g/mol. The number of likely N-dealkylation sites (tertiary alicyclic amines) is 1. The van der Waals surface area contributed by atoms with Crippen LogP contribution in [0.2, 0.25) is 0 Å². The fourth-order valence-electron chi connectivity index (χ4n) is 2.61. The number of alkyl halides is 3. The molecule has 1 fully saturated rings. The molecule has 21 heavy (non-hydrogen) atoms. The van der Waals surface area contributed by atoms with Gasteiger partial charge in [0.05, 0.1) is 11.7 Å². The third kappa shape index (κ3) is 3.93. The molecule has 0 radical (unpaired) electrons. The predicted molar refractivity (Wildman–Crippen MR) is 67.9 cm³/mol. The zero-order valence-corrected chi connectivity index (χ0v) is 11.3. The van der Waals surface area contributed by atoms with E-state index in [0.29, 0.717) is 13.0 Å². The summed E-state index contributed by atoms with van der Waals surface area (Å²) in [6, 6.07) is 2.41. The van der Waals surface area contributed by atoms with E-state index in [1.807, 2.05) is 0 Å². The molecule has 2 atom stereocenters. The highest BCUT2D eigenvalue weighted by atomic mass is 19.4. The van der Waals surface area contributed by atoms with Gasteiger partial charge in [0, 0.05) is 25.6 Å². The van der Waals surface area contributed by atoms with Crippen LogP contribution in [-0.2, 0) is 12.7 Å². The molecular weight excluding hydrogens is 290 g/mol. The Morgan fingerprint density at radius 3 is 2.57 bits per heavy atom. The molecule has 1 saturated heterocycles. The van der Waals surface area contributed by atoms with Gasteiger partial charge in [-0.25, -0.2) is 4.39 Å². The Morgan fingerprint density at radius 2 is 2.00 bits per heavy atom. The second-order valence-corrected chi connectivity index (χ2v) is 5.33. The van der Waals surface area contributed by atoms with Crippen LogP contribution in [-0.4, -0.2) is 40.9 Å². The smallest absolute Gasteiger partial charge is 0.396 e. The molecule has 3 nitrogen and oxygen atoms in total. The highest BCUT2D eigenvalue weighted by Gasteiger charge is 2.34. The van der Waals surface area contributed by atoms with Gasteiger partial charge in [0.15, 0.2) is 0 Å². The summed E-state index contributed by atoms with van der Waals surface area (Å²) in [5, 5.41) is 18.9.